The van der Waals surface area contributed by atoms with Gasteiger partial charge in [0.15, 0.2) is 0 Å². The number of alkyl halides is 3. The maximum absolute atomic E-state index is 12.8. The highest BCUT2D eigenvalue weighted by atomic mass is 35.5. The molecule has 4 aromatic rings. The molecule has 2 aliphatic heterocycles. The monoisotopic (exact) mass is 938 g/mol. The van der Waals surface area contributed by atoms with Crippen LogP contribution in [0.4, 0.5) is 13.2 Å². The van der Waals surface area contributed by atoms with Crippen molar-refractivity contribution >= 4 is 68.3 Å². The molecule has 8 nitrogen and oxygen atoms in total. The summed E-state index contributed by atoms with van der Waals surface area (Å²) in [6, 6.07) is 24.2. The predicted octanol–water partition coefficient (Wildman–Crippen LogP) is 11.5. The molecular weight excluding hydrogens is 895 g/mol. The van der Waals surface area contributed by atoms with Gasteiger partial charge in [0.2, 0.25) is 11.8 Å². The minimum atomic E-state index is -5.81. The standard InChI is InChI=1S/C23H22Cl2F3NO4S.C22H23Cl2NO2/c1-12-20-19(13-3-5-14(24)6-4-13)17(9-10-22(20,2)21(30)29-12)16-8-7-15(11-18(16)25)33-34(31,32)23(26,27)28;1-12-20-19(13-3-5-14(23)6-4-13)17(9-10-22(20,2)21(27)25-12)16-8-7-15(26)11-18(16)24/h3-8,11-12,17,19-20H,9-10H2,1-2H3,(H,29,30);3-8,11-12,17,19-20,26H,9-10H2,1-2H3,(H,25,27)/t2*12-,17+,19+,20+,22-/m11/s1. The topological polar surface area (TPSA) is 122 Å². The molecule has 2 saturated carbocycles. The summed E-state index contributed by atoms with van der Waals surface area (Å²) in [4.78, 5) is 25.6. The zero-order valence-electron chi connectivity index (χ0n) is 33.6. The predicted molar refractivity (Wildman–Crippen MR) is 231 cm³/mol. The van der Waals surface area contributed by atoms with E-state index >= 15 is 0 Å². The molecule has 0 aromatic heterocycles. The smallest absolute Gasteiger partial charge is 0.508 e. The first kappa shape index (κ1) is 45.3. The van der Waals surface area contributed by atoms with Crippen molar-refractivity contribution in [3.63, 3.8) is 0 Å². The molecule has 0 spiro atoms. The van der Waals surface area contributed by atoms with Crippen molar-refractivity contribution in [3.05, 3.63) is 127 Å². The number of phenolic OH excluding ortho intramolecular Hbond substituents is 1. The number of amides is 2. The van der Waals surface area contributed by atoms with E-state index in [9.17, 15) is 36.3 Å². The number of aromatic hydroxyl groups is 1. The van der Waals surface area contributed by atoms with Crippen LogP contribution in [0.2, 0.25) is 20.1 Å². The van der Waals surface area contributed by atoms with Gasteiger partial charge in [0, 0.05) is 50.1 Å². The summed E-state index contributed by atoms with van der Waals surface area (Å²) in [6.07, 6.45) is 2.88. The van der Waals surface area contributed by atoms with Crippen molar-refractivity contribution in [2.24, 2.45) is 22.7 Å². The lowest BCUT2D eigenvalue weighted by Gasteiger charge is -2.46. The number of benzene rings is 4. The molecule has 3 N–H and O–H groups in total. The van der Waals surface area contributed by atoms with Crippen molar-refractivity contribution in [2.45, 2.75) is 94.6 Å². The number of phenols is 1. The van der Waals surface area contributed by atoms with Gasteiger partial charge in [-0.25, -0.2) is 0 Å². The minimum Gasteiger partial charge on any atom is -0.508 e. The zero-order valence-corrected chi connectivity index (χ0v) is 37.4. The van der Waals surface area contributed by atoms with Gasteiger partial charge in [0.1, 0.15) is 11.5 Å². The van der Waals surface area contributed by atoms with Gasteiger partial charge in [0.25, 0.3) is 0 Å². The van der Waals surface area contributed by atoms with Gasteiger partial charge in [-0.05, 0) is 128 Å². The average molecular weight is 941 g/mol. The van der Waals surface area contributed by atoms with Gasteiger partial charge in [-0.15, -0.1) is 0 Å². The Kier molecular flexibility index (Phi) is 12.5. The van der Waals surface area contributed by atoms with Crippen LogP contribution in [-0.4, -0.2) is 42.9 Å². The summed E-state index contributed by atoms with van der Waals surface area (Å²) in [6.45, 7) is 8.10. The van der Waals surface area contributed by atoms with Gasteiger partial charge in [-0.3, -0.25) is 9.59 Å². The number of hydrogen-bond acceptors (Lipinski definition) is 6. The molecule has 2 aliphatic carbocycles. The van der Waals surface area contributed by atoms with Gasteiger partial charge in [-0.1, -0.05) is 96.6 Å². The van der Waals surface area contributed by atoms with E-state index in [1.165, 1.54) is 17.7 Å². The first-order chi connectivity index (χ1) is 28.6. The Hall–Kier alpha value is -3.68. The third kappa shape index (κ3) is 8.44. The van der Waals surface area contributed by atoms with Gasteiger partial charge >= 0.3 is 15.6 Å². The Morgan fingerprint density at radius 1 is 0.672 bits per heavy atom. The lowest BCUT2D eigenvalue weighted by Crippen LogP contribution is -2.42. The van der Waals surface area contributed by atoms with Crippen molar-refractivity contribution in [1.82, 2.24) is 10.6 Å². The highest BCUT2D eigenvalue weighted by Crippen LogP contribution is 2.61. The molecule has 4 aliphatic rings. The third-order valence-corrected chi connectivity index (χ3v) is 15.8. The van der Waals surface area contributed by atoms with Crippen LogP contribution in [0.5, 0.6) is 11.5 Å². The number of fused-ring (bicyclic) bond motifs is 2. The second kappa shape index (κ2) is 16.8. The molecule has 61 heavy (non-hydrogen) atoms. The minimum absolute atomic E-state index is 0.00499. The Morgan fingerprint density at radius 2 is 1.08 bits per heavy atom. The summed E-state index contributed by atoms with van der Waals surface area (Å²) in [5, 5.41) is 17.9. The highest BCUT2D eigenvalue weighted by molar-refractivity contribution is 7.88. The Bertz CT molecular complexity index is 2440. The summed E-state index contributed by atoms with van der Waals surface area (Å²) in [5.41, 5.74) is -2.71. The summed E-state index contributed by atoms with van der Waals surface area (Å²) >= 11 is 25.2. The molecular formula is C45H45Cl4F3N2O6S. The fraction of sp³-hybridized carbons (Fsp3) is 0.422. The largest absolute Gasteiger partial charge is 0.534 e. The molecule has 0 radical (unpaired) electrons. The quantitative estimate of drug-likeness (QED) is 0.131. The molecule has 8 rings (SSSR count). The lowest BCUT2D eigenvalue weighted by atomic mass is 9.56. The summed E-state index contributed by atoms with van der Waals surface area (Å²) in [7, 11) is -5.81. The van der Waals surface area contributed by atoms with Crippen molar-refractivity contribution < 1.29 is 40.5 Å². The van der Waals surface area contributed by atoms with Crippen LogP contribution in [0, 0.1) is 22.7 Å². The van der Waals surface area contributed by atoms with Crippen LogP contribution in [0.25, 0.3) is 0 Å². The number of carbonyl (C=O) groups excluding carboxylic acids is 2. The molecule has 4 fully saturated rings. The molecule has 10 atom stereocenters. The van der Waals surface area contributed by atoms with E-state index in [1.807, 2.05) is 44.2 Å². The Labute approximate surface area is 373 Å². The van der Waals surface area contributed by atoms with Crippen molar-refractivity contribution in [2.75, 3.05) is 0 Å². The number of halogens is 7. The molecule has 0 unspecified atom stereocenters. The van der Waals surface area contributed by atoms with Crippen LogP contribution >= 0.6 is 46.4 Å². The normalized spacial score (nSPS) is 30.9. The molecule has 2 amide bonds. The second-order valence-corrected chi connectivity index (χ2v) is 20.5. The van der Waals surface area contributed by atoms with Crippen LogP contribution in [0.3, 0.4) is 0 Å². The van der Waals surface area contributed by atoms with E-state index in [0.717, 1.165) is 30.0 Å². The number of carbonyl (C=O) groups is 2. The zero-order chi connectivity index (χ0) is 44.4. The second-order valence-electron chi connectivity index (χ2n) is 17.2. The third-order valence-electron chi connectivity index (χ3n) is 13.6. The Balaban J connectivity index is 0.000000189. The molecule has 0 bridgehead atoms. The maximum atomic E-state index is 12.8. The first-order valence-corrected chi connectivity index (χ1v) is 22.9. The maximum Gasteiger partial charge on any atom is 0.534 e. The van der Waals surface area contributed by atoms with E-state index in [1.54, 1.807) is 24.3 Å². The molecule has 2 saturated heterocycles. The van der Waals surface area contributed by atoms with E-state index in [4.69, 9.17) is 46.4 Å². The number of nitrogens with one attached hydrogen (secondary N) is 2. The average Bonchev–Trinajstić information content (AvgIpc) is 3.56. The lowest BCUT2D eigenvalue weighted by molar-refractivity contribution is -0.130. The van der Waals surface area contributed by atoms with Crippen molar-refractivity contribution in [1.29, 1.82) is 0 Å². The summed E-state index contributed by atoms with van der Waals surface area (Å²) < 4.78 is 65.1. The van der Waals surface area contributed by atoms with Gasteiger partial charge in [0.05, 0.1) is 10.8 Å². The van der Waals surface area contributed by atoms with E-state index in [0.29, 0.717) is 33.5 Å². The summed E-state index contributed by atoms with van der Waals surface area (Å²) in [5.74, 6) is -0.136. The molecule has 2 heterocycles. The SMILES string of the molecule is C[C@H]1NC(=O)[C@]2(C)CC[C@@H](c3ccc(O)cc3Cl)[C@H](c3ccc(Cl)cc3)[C@H]12.C[C@H]1NC(=O)[C@]2(C)CC[C@@H](c3ccc(OS(=O)(=O)C(F)(F)F)cc3Cl)[C@H](c3ccc(Cl)cc3)[C@H]12. The van der Waals surface area contributed by atoms with E-state index in [-0.39, 0.29) is 75.6 Å². The van der Waals surface area contributed by atoms with Crippen LogP contribution in [0.1, 0.15) is 99.3 Å². The molecule has 326 valence electrons. The van der Waals surface area contributed by atoms with E-state index < -0.39 is 26.8 Å². The van der Waals surface area contributed by atoms with E-state index in [2.05, 4.69) is 40.8 Å². The van der Waals surface area contributed by atoms with Crippen LogP contribution < -0.4 is 14.8 Å². The molecule has 4 aromatic carbocycles. The van der Waals surface area contributed by atoms with Gasteiger partial charge in [-0.2, -0.15) is 21.6 Å². The number of hydrogen-bond donors (Lipinski definition) is 3. The molecule has 16 heteroatoms. The van der Waals surface area contributed by atoms with Crippen molar-refractivity contribution in [3.8, 4) is 11.5 Å². The van der Waals surface area contributed by atoms with Gasteiger partial charge < -0.3 is 19.9 Å². The highest BCUT2D eigenvalue weighted by Gasteiger charge is 2.59. The Morgan fingerprint density at radius 3 is 1.48 bits per heavy atom. The number of rotatable bonds is 6. The fourth-order valence-corrected chi connectivity index (χ4v) is 12.2. The first-order valence-electron chi connectivity index (χ1n) is 20.0. The fourth-order valence-electron chi connectivity index (χ4n) is 10.9. The van der Waals surface area contributed by atoms with Crippen LogP contribution in [-0.2, 0) is 19.7 Å². The van der Waals surface area contributed by atoms with Crippen LogP contribution in [0.15, 0.2) is 84.9 Å².